The number of rotatable bonds is 8. The first-order valence-corrected chi connectivity index (χ1v) is 12.9. The fourth-order valence-corrected chi connectivity index (χ4v) is 6.05. The molecule has 178 valence electrons. The quantitative estimate of drug-likeness (QED) is 0.381. The Labute approximate surface area is 197 Å². The molecule has 1 saturated carbocycles. The number of benzene rings is 2. The zero-order valence-electron chi connectivity index (χ0n) is 20.0. The second kappa shape index (κ2) is 10.6. The van der Waals surface area contributed by atoms with E-state index in [9.17, 15) is 13.2 Å². The first-order valence-electron chi connectivity index (χ1n) is 11.4. The molecule has 1 aliphatic carbocycles. The van der Waals surface area contributed by atoms with Crippen molar-refractivity contribution in [3.8, 4) is 5.75 Å². The van der Waals surface area contributed by atoms with Gasteiger partial charge in [0.15, 0.2) is 0 Å². The molecule has 0 aliphatic heterocycles. The Morgan fingerprint density at radius 2 is 1.82 bits per heavy atom. The number of aryl methyl sites for hydroxylation is 1. The normalized spacial score (nSPS) is 21.0. The number of hydrogen-bond donors (Lipinski definition) is 0. The summed E-state index contributed by atoms with van der Waals surface area (Å²) < 4.78 is 36.9. The monoisotopic (exact) mass is 470 g/mol. The van der Waals surface area contributed by atoms with Crippen molar-refractivity contribution in [2.75, 3.05) is 14.2 Å². The summed E-state index contributed by atoms with van der Waals surface area (Å²) in [4.78, 5) is 12.0. The molecule has 2 aromatic rings. The third-order valence-electron chi connectivity index (χ3n) is 6.92. The van der Waals surface area contributed by atoms with Crippen molar-refractivity contribution < 1.29 is 22.7 Å². The summed E-state index contributed by atoms with van der Waals surface area (Å²) in [5.41, 5.74) is 2.80. The molecular formula is C27H34O5S. The lowest BCUT2D eigenvalue weighted by Gasteiger charge is -2.34. The van der Waals surface area contributed by atoms with Crippen molar-refractivity contribution in [1.82, 2.24) is 0 Å². The fraction of sp³-hybridized carbons (Fsp3) is 0.444. The molecule has 2 aromatic carbocycles. The maximum Gasteiger partial charge on any atom is 0.309 e. The minimum atomic E-state index is -3.74. The van der Waals surface area contributed by atoms with Crippen LogP contribution in [0.3, 0.4) is 0 Å². The Bertz CT molecular complexity index is 1120. The van der Waals surface area contributed by atoms with Crippen molar-refractivity contribution in [3.05, 3.63) is 65.7 Å². The van der Waals surface area contributed by atoms with Crippen LogP contribution in [0.5, 0.6) is 5.75 Å². The van der Waals surface area contributed by atoms with Crippen LogP contribution in [0.2, 0.25) is 0 Å². The number of allylic oxidation sites excluding steroid dienone is 1. The number of ether oxygens (including phenoxy) is 2. The van der Waals surface area contributed by atoms with Crippen molar-refractivity contribution in [2.45, 2.75) is 55.7 Å². The van der Waals surface area contributed by atoms with Gasteiger partial charge in [0.2, 0.25) is 9.84 Å². The van der Waals surface area contributed by atoms with Gasteiger partial charge in [0, 0.05) is 0 Å². The predicted molar refractivity (Wildman–Crippen MR) is 129 cm³/mol. The molecule has 5 nitrogen and oxygen atoms in total. The molecule has 0 N–H and O–H groups in total. The minimum absolute atomic E-state index is 0.0252. The van der Waals surface area contributed by atoms with E-state index in [1.54, 1.807) is 43.5 Å². The van der Waals surface area contributed by atoms with Gasteiger partial charge >= 0.3 is 5.97 Å². The highest BCUT2D eigenvalue weighted by molar-refractivity contribution is 7.91. The van der Waals surface area contributed by atoms with Gasteiger partial charge in [-0.2, -0.15) is 0 Å². The van der Waals surface area contributed by atoms with Crippen LogP contribution in [0, 0.1) is 17.8 Å². The molecule has 0 bridgehead atoms. The van der Waals surface area contributed by atoms with E-state index in [0.717, 1.165) is 31.2 Å². The van der Waals surface area contributed by atoms with E-state index >= 15 is 0 Å². The number of methoxy groups -OCH3 is 2. The Morgan fingerprint density at radius 1 is 1.09 bits per heavy atom. The van der Waals surface area contributed by atoms with Crippen molar-refractivity contribution >= 4 is 15.8 Å². The molecule has 0 saturated heterocycles. The standard InChI is InChI=1S/C27H34O5S/c1-18-13-22(14-19(2)20(18)3)9-10-23-17-25(11-12-26(23)31-4)33(29,30)24-8-6-7-21(15-24)16-27(28)32-5/h6-8,11-12,15,17,19-20,22H,1,9-10,13-14,16H2,2-5H3. The van der Waals surface area contributed by atoms with Crippen LogP contribution in [0.4, 0.5) is 0 Å². The zero-order chi connectivity index (χ0) is 24.2. The summed E-state index contributed by atoms with van der Waals surface area (Å²) >= 11 is 0. The number of esters is 1. The summed E-state index contributed by atoms with van der Waals surface area (Å²) in [6.45, 7) is 8.79. The second-order valence-electron chi connectivity index (χ2n) is 9.15. The average Bonchev–Trinajstić information content (AvgIpc) is 2.80. The number of hydrogen-bond acceptors (Lipinski definition) is 5. The number of carbonyl (C=O) groups excluding carboxylic acids is 1. The number of carbonyl (C=O) groups is 1. The molecule has 1 aliphatic rings. The molecule has 3 rings (SSSR count). The maximum absolute atomic E-state index is 13.4. The summed E-state index contributed by atoms with van der Waals surface area (Å²) in [6, 6.07) is 11.5. The van der Waals surface area contributed by atoms with Crippen molar-refractivity contribution in [1.29, 1.82) is 0 Å². The Hall–Kier alpha value is -2.60. The van der Waals surface area contributed by atoms with Gasteiger partial charge in [0.05, 0.1) is 30.4 Å². The highest BCUT2D eigenvalue weighted by Gasteiger charge is 2.27. The van der Waals surface area contributed by atoms with Crippen molar-refractivity contribution in [3.63, 3.8) is 0 Å². The summed E-state index contributed by atoms with van der Waals surface area (Å²) in [5, 5.41) is 0. The Morgan fingerprint density at radius 3 is 2.48 bits per heavy atom. The first kappa shape index (κ1) is 25.0. The van der Waals surface area contributed by atoms with Crippen molar-refractivity contribution in [2.24, 2.45) is 17.8 Å². The highest BCUT2D eigenvalue weighted by atomic mass is 32.2. The molecule has 0 amide bonds. The molecule has 33 heavy (non-hydrogen) atoms. The van der Waals surface area contributed by atoms with Crippen LogP contribution in [-0.2, 0) is 32.2 Å². The van der Waals surface area contributed by atoms with E-state index in [-0.39, 0.29) is 16.2 Å². The molecule has 3 atom stereocenters. The Kier molecular flexibility index (Phi) is 8.01. The Balaban J connectivity index is 1.83. The lowest BCUT2D eigenvalue weighted by molar-refractivity contribution is -0.139. The molecule has 0 spiro atoms. The van der Waals surface area contributed by atoms with Gasteiger partial charge in [-0.25, -0.2) is 8.42 Å². The third kappa shape index (κ3) is 5.85. The maximum atomic E-state index is 13.4. The molecule has 0 aromatic heterocycles. The summed E-state index contributed by atoms with van der Waals surface area (Å²) in [7, 11) is -0.823. The molecule has 0 radical (unpaired) electrons. The molecule has 1 fully saturated rings. The minimum Gasteiger partial charge on any atom is -0.496 e. The van der Waals surface area contributed by atoms with E-state index in [1.807, 2.05) is 0 Å². The van der Waals surface area contributed by atoms with Crippen LogP contribution in [0.15, 0.2) is 64.4 Å². The van der Waals surface area contributed by atoms with E-state index in [2.05, 4.69) is 20.4 Å². The van der Waals surface area contributed by atoms with E-state index < -0.39 is 15.8 Å². The third-order valence-corrected chi connectivity index (χ3v) is 8.67. The number of sulfone groups is 1. The predicted octanol–water partition coefficient (Wildman–Crippen LogP) is 5.41. The fourth-order valence-electron chi connectivity index (χ4n) is 4.67. The van der Waals surface area contributed by atoms with E-state index in [4.69, 9.17) is 9.47 Å². The van der Waals surface area contributed by atoms with E-state index in [0.29, 0.717) is 29.1 Å². The largest absolute Gasteiger partial charge is 0.496 e. The summed E-state index contributed by atoms with van der Waals surface area (Å²) in [6.07, 6.45) is 3.92. The molecule has 3 unspecified atom stereocenters. The molecule has 6 heteroatoms. The van der Waals surface area contributed by atoms with Gasteiger partial charge in [-0.3, -0.25) is 4.79 Å². The van der Waals surface area contributed by atoms with Gasteiger partial charge in [-0.05, 0) is 84.9 Å². The lowest BCUT2D eigenvalue weighted by Crippen LogP contribution is -2.23. The van der Waals surface area contributed by atoms with Gasteiger partial charge in [0.1, 0.15) is 5.75 Å². The van der Waals surface area contributed by atoms with E-state index in [1.165, 1.54) is 18.7 Å². The van der Waals surface area contributed by atoms with Gasteiger partial charge in [0.25, 0.3) is 0 Å². The van der Waals surface area contributed by atoms with Crippen LogP contribution < -0.4 is 4.74 Å². The highest BCUT2D eigenvalue weighted by Crippen LogP contribution is 2.39. The second-order valence-corrected chi connectivity index (χ2v) is 11.1. The molecular weight excluding hydrogens is 436 g/mol. The SMILES string of the molecule is C=C1CC(CCc2cc(S(=O)(=O)c3cccc(CC(=O)OC)c3)ccc2OC)CC(C)C1C. The van der Waals surface area contributed by atoms with Gasteiger partial charge in [-0.1, -0.05) is 38.1 Å². The van der Waals surface area contributed by atoms with Gasteiger partial charge in [-0.15, -0.1) is 0 Å². The van der Waals surface area contributed by atoms with Crippen LogP contribution >= 0.6 is 0 Å². The average molecular weight is 471 g/mol. The van der Waals surface area contributed by atoms with Crippen LogP contribution in [-0.4, -0.2) is 28.6 Å². The topological polar surface area (TPSA) is 69.7 Å². The lowest BCUT2D eigenvalue weighted by atomic mass is 9.72. The first-order chi connectivity index (χ1) is 15.6. The van der Waals surface area contributed by atoms with Gasteiger partial charge < -0.3 is 9.47 Å². The summed E-state index contributed by atoms with van der Waals surface area (Å²) in [5.74, 6) is 2.00. The smallest absolute Gasteiger partial charge is 0.309 e. The zero-order valence-corrected chi connectivity index (χ0v) is 20.8. The molecule has 0 heterocycles. The van der Waals surface area contributed by atoms with Crippen LogP contribution in [0.25, 0.3) is 0 Å². The van der Waals surface area contributed by atoms with Crippen LogP contribution in [0.1, 0.15) is 44.2 Å².